The maximum absolute atomic E-state index is 10.4. The van der Waals surface area contributed by atoms with Gasteiger partial charge >= 0.3 is 0 Å². The minimum atomic E-state index is -0.720. The maximum Gasteiger partial charge on any atom is 0.165 e. The number of aliphatic hydroxyl groups is 2. The van der Waals surface area contributed by atoms with E-state index in [1.54, 1.807) is 12.1 Å². The number of aromatic hydroxyl groups is 1. The van der Waals surface area contributed by atoms with Crippen LogP contribution >= 0.6 is 0 Å². The minimum Gasteiger partial charge on any atom is -0.508 e. The summed E-state index contributed by atoms with van der Waals surface area (Å²) in [6, 6.07) is 12.9. The van der Waals surface area contributed by atoms with Gasteiger partial charge in [0.2, 0.25) is 0 Å². The fourth-order valence-electron chi connectivity index (χ4n) is 2.83. The highest BCUT2D eigenvalue weighted by molar-refractivity contribution is 6.33. The lowest BCUT2D eigenvalue weighted by Crippen LogP contribution is -2.26. The number of phenols is 1. The van der Waals surface area contributed by atoms with Gasteiger partial charge in [-0.1, -0.05) is 31.9 Å². The van der Waals surface area contributed by atoms with Crippen LogP contribution in [0.3, 0.4) is 0 Å². The zero-order valence-electron chi connectivity index (χ0n) is 15.5. The average molecular weight is 357 g/mol. The quantitative estimate of drug-likeness (QED) is 0.491. The highest BCUT2D eigenvalue weighted by Crippen LogP contribution is 2.24. The predicted octanol–water partition coefficient (Wildman–Crippen LogP) is 2.48. The average Bonchev–Trinajstić information content (AvgIpc) is 2.67. The number of rotatable bonds is 10. The molecule has 0 saturated heterocycles. The van der Waals surface area contributed by atoms with Gasteiger partial charge in [-0.25, -0.2) is 0 Å². The molecule has 0 bridgehead atoms. The van der Waals surface area contributed by atoms with E-state index in [0.29, 0.717) is 24.2 Å². The fourth-order valence-corrected chi connectivity index (χ4v) is 2.83. The molecule has 0 fully saturated rings. The molecular weight excluding hydrogens is 329 g/mol. The van der Waals surface area contributed by atoms with Crippen molar-refractivity contribution in [1.29, 1.82) is 0 Å². The summed E-state index contributed by atoms with van der Waals surface area (Å²) in [4.78, 5) is 0. The second kappa shape index (κ2) is 10.2. The standard InChI is InChI=1S/C20H28BNO4/c1-3-18(14-4-7-17(8-5-14)26-13-21-2)22-11-20(25)15-6-9-19(24)16(10-15)12-23/h4-10,18,20-25H,3,11-13H2,1-2H3/t18?,20-/m0/s1. The molecule has 0 aliphatic carbocycles. The topological polar surface area (TPSA) is 82.0 Å². The van der Waals surface area contributed by atoms with Crippen molar-refractivity contribution in [3.8, 4) is 11.5 Å². The van der Waals surface area contributed by atoms with Crippen molar-refractivity contribution < 1.29 is 20.1 Å². The van der Waals surface area contributed by atoms with Crippen LogP contribution < -0.4 is 10.1 Å². The summed E-state index contributed by atoms with van der Waals surface area (Å²) in [7, 11) is 0.980. The molecule has 0 radical (unpaired) electrons. The molecule has 0 aliphatic heterocycles. The van der Waals surface area contributed by atoms with Gasteiger partial charge in [0.25, 0.3) is 0 Å². The van der Waals surface area contributed by atoms with Crippen molar-refractivity contribution in [1.82, 2.24) is 5.32 Å². The lowest BCUT2D eigenvalue weighted by molar-refractivity contribution is 0.169. The summed E-state index contributed by atoms with van der Waals surface area (Å²) in [5, 5.41) is 32.7. The molecule has 4 N–H and O–H groups in total. The Morgan fingerprint density at radius 2 is 1.81 bits per heavy atom. The number of nitrogens with one attached hydrogen (secondary N) is 1. The summed E-state index contributed by atoms with van der Waals surface area (Å²) >= 11 is 0. The Hall–Kier alpha value is -2.02. The Labute approximate surface area is 155 Å². The van der Waals surface area contributed by atoms with Crippen LogP contribution in [0.2, 0.25) is 6.82 Å². The lowest BCUT2D eigenvalue weighted by atomic mass is 9.85. The third-order valence-electron chi connectivity index (χ3n) is 4.38. The zero-order valence-corrected chi connectivity index (χ0v) is 15.5. The first-order valence-electron chi connectivity index (χ1n) is 9.15. The highest BCUT2D eigenvalue weighted by Gasteiger charge is 2.14. The van der Waals surface area contributed by atoms with Gasteiger partial charge in [0.05, 0.1) is 19.2 Å². The van der Waals surface area contributed by atoms with Gasteiger partial charge in [0, 0.05) is 18.2 Å². The van der Waals surface area contributed by atoms with Crippen LogP contribution in [0, 0.1) is 0 Å². The number of hydrogen-bond acceptors (Lipinski definition) is 5. The van der Waals surface area contributed by atoms with Crippen LogP contribution in [0.15, 0.2) is 42.5 Å². The highest BCUT2D eigenvalue weighted by atomic mass is 16.5. The van der Waals surface area contributed by atoms with Gasteiger partial charge in [-0.15, -0.1) is 0 Å². The molecule has 140 valence electrons. The van der Waals surface area contributed by atoms with Crippen molar-refractivity contribution in [2.24, 2.45) is 0 Å². The van der Waals surface area contributed by atoms with Crippen molar-refractivity contribution in [2.45, 2.75) is 38.9 Å². The largest absolute Gasteiger partial charge is 0.508 e. The smallest absolute Gasteiger partial charge is 0.165 e. The van der Waals surface area contributed by atoms with Gasteiger partial charge in [0.15, 0.2) is 7.28 Å². The Bertz CT molecular complexity index is 678. The molecule has 0 heterocycles. The Kier molecular flexibility index (Phi) is 7.97. The van der Waals surface area contributed by atoms with Gasteiger partial charge in [0.1, 0.15) is 11.5 Å². The normalized spacial score (nSPS) is 13.2. The third kappa shape index (κ3) is 5.49. The van der Waals surface area contributed by atoms with E-state index >= 15 is 0 Å². The molecule has 0 amide bonds. The van der Waals surface area contributed by atoms with Gasteiger partial charge in [-0.05, 0) is 41.8 Å². The van der Waals surface area contributed by atoms with E-state index in [9.17, 15) is 15.3 Å². The number of hydrogen-bond donors (Lipinski definition) is 4. The van der Waals surface area contributed by atoms with E-state index in [1.165, 1.54) is 6.07 Å². The van der Waals surface area contributed by atoms with Crippen molar-refractivity contribution in [3.63, 3.8) is 0 Å². The molecule has 1 unspecified atom stereocenters. The summed E-state index contributed by atoms with van der Waals surface area (Å²) in [6.45, 7) is 5.00. The second-order valence-corrected chi connectivity index (χ2v) is 6.35. The summed E-state index contributed by atoms with van der Waals surface area (Å²) < 4.78 is 5.61. The molecular formula is C20H28BNO4. The molecule has 0 spiro atoms. The zero-order chi connectivity index (χ0) is 18.9. The van der Waals surface area contributed by atoms with E-state index < -0.39 is 6.10 Å². The van der Waals surface area contributed by atoms with Crippen LogP contribution in [0.25, 0.3) is 0 Å². The van der Waals surface area contributed by atoms with Crippen LogP contribution in [0.4, 0.5) is 0 Å². The van der Waals surface area contributed by atoms with Crippen LogP contribution in [0.5, 0.6) is 11.5 Å². The van der Waals surface area contributed by atoms with Gasteiger partial charge < -0.3 is 25.4 Å². The van der Waals surface area contributed by atoms with E-state index in [2.05, 4.69) is 19.1 Å². The molecule has 2 rings (SSSR count). The van der Waals surface area contributed by atoms with Crippen molar-refractivity contribution in [3.05, 3.63) is 59.2 Å². The number of ether oxygens (including phenoxy) is 1. The molecule has 5 nitrogen and oxygen atoms in total. The number of aliphatic hydroxyl groups excluding tert-OH is 2. The number of benzene rings is 2. The first kappa shape index (κ1) is 20.3. The summed E-state index contributed by atoms with van der Waals surface area (Å²) in [5.41, 5.74) is 2.22. The van der Waals surface area contributed by atoms with Crippen LogP contribution in [0.1, 0.15) is 42.2 Å². The summed E-state index contributed by atoms with van der Waals surface area (Å²) in [5.74, 6) is 0.902. The monoisotopic (exact) mass is 357 g/mol. The van der Waals surface area contributed by atoms with E-state index in [4.69, 9.17) is 4.74 Å². The summed E-state index contributed by atoms with van der Waals surface area (Å²) in [6.07, 6.45) is 0.168. The maximum atomic E-state index is 10.4. The Morgan fingerprint density at radius 3 is 2.42 bits per heavy atom. The first-order chi connectivity index (χ1) is 12.6. The first-order valence-corrected chi connectivity index (χ1v) is 9.15. The molecule has 0 aromatic heterocycles. The van der Waals surface area contributed by atoms with Crippen LogP contribution in [-0.2, 0) is 6.61 Å². The SMILES string of the molecule is CBCOc1ccc(C(CC)NC[C@H](O)c2ccc(O)c(CO)c2)cc1. The minimum absolute atomic E-state index is 0.0354. The molecule has 26 heavy (non-hydrogen) atoms. The van der Waals surface area contributed by atoms with Gasteiger partial charge in [-0.2, -0.15) is 0 Å². The molecule has 0 saturated carbocycles. The predicted molar refractivity (Wildman–Crippen MR) is 105 cm³/mol. The molecule has 2 aromatic carbocycles. The van der Waals surface area contributed by atoms with Crippen LogP contribution in [-0.4, -0.2) is 35.7 Å². The van der Waals surface area contributed by atoms with E-state index in [0.717, 1.165) is 25.0 Å². The molecule has 6 heteroatoms. The fraction of sp³-hybridized carbons (Fsp3) is 0.400. The van der Waals surface area contributed by atoms with Crippen molar-refractivity contribution >= 4 is 7.28 Å². The van der Waals surface area contributed by atoms with Crippen molar-refractivity contribution in [2.75, 3.05) is 13.1 Å². The van der Waals surface area contributed by atoms with Gasteiger partial charge in [-0.3, -0.25) is 0 Å². The molecule has 2 atom stereocenters. The molecule has 2 aromatic rings. The van der Waals surface area contributed by atoms with E-state index in [-0.39, 0.29) is 18.4 Å². The second-order valence-electron chi connectivity index (χ2n) is 6.35. The lowest BCUT2D eigenvalue weighted by Gasteiger charge is -2.21. The Balaban J connectivity index is 1.97. The van der Waals surface area contributed by atoms with E-state index in [1.807, 2.05) is 24.3 Å². The molecule has 0 aliphatic rings. The Morgan fingerprint density at radius 1 is 1.12 bits per heavy atom. The third-order valence-corrected chi connectivity index (χ3v) is 4.38.